The van der Waals surface area contributed by atoms with Crippen LogP contribution in [0.4, 0.5) is 17.1 Å². The predicted molar refractivity (Wildman–Crippen MR) is 159 cm³/mol. The van der Waals surface area contributed by atoms with Crippen LogP contribution in [0, 0.1) is 23.7 Å². The number of hydrogen-bond donors (Lipinski definition) is 2. The summed E-state index contributed by atoms with van der Waals surface area (Å²) in [7, 11) is 1.75. The number of likely N-dealkylation sites (N-methyl/N-ethyl adjacent to an activating group) is 1. The molecule has 0 spiro atoms. The zero-order valence-corrected chi connectivity index (χ0v) is 23.3. The Hall–Kier alpha value is -4.80. The van der Waals surface area contributed by atoms with Crippen molar-refractivity contribution < 1.29 is 9.59 Å². The highest BCUT2D eigenvalue weighted by Gasteiger charge is 2.21. The molecule has 4 rings (SSSR count). The summed E-state index contributed by atoms with van der Waals surface area (Å²) in [5, 5.41) is 15.2. The average Bonchev–Trinajstić information content (AvgIpc) is 3.29. The number of hydrogen-bond acceptors (Lipinski definition) is 7. The highest BCUT2D eigenvalue weighted by Crippen LogP contribution is 2.27. The highest BCUT2D eigenvalue weighted by molar-refractivity contribution is 7.07. The monoisotopic (exact) mass is 554 g/mol. The quantitative estimate of drug-likeness (QED) is 0.410. The van der Waals surface area contributed by atoms with Gasteiger partial charge in [-0.3, -0.25) is 19.0 Å². The standard InChI is InChI=1S/C30H30N6O3S/c1-4-15-32-28(38)24(18-31)30-36(5-2)29(39)26(40-30)19-33-22-12-8-13-23(17-22)34(3)27(37)20-35-16-9-11-21-10-6-7-14-25(21)35/h1,6-8,10,12-14,17,19,33H,5,9,11,15-16,20H2,2-3H3,(H,32,38)/b26-19+,30-24-. The van der Waals surface area contributed by atoms with Gasteiger partial charge in [-0.1, -0.05) is 30.2 Å². The van der Waals surface area contributed by atoms with E-state index in [1.165, 1.54) is 10.1 Å². The van der Waals surface area contributed by atoms with Gasteiger partial charge in [0.2, 0.25) is 5.91 Å². The molecular weight excluding hydrogens is 524 g/mol. The van der Waals surface area contributed by atoms with Gasteiger partial charge in [0.05, 0.1) is 13.1 Å². The SMILES string of the molecule is C#CCNC(=O)/C(C#N)=c1\s/c(=C/Nc2cccc(N(C)C(=O)CN3CCCc4ccccc43)c2)c(=O)n1CC. The van der Waals surface area contributed by atoms with Gasteiger partial charge in [0.1, 0.15) is 15.3 Å². The maximum atomic E-state index is 13.2. The normalized spacial score (nSPS) is 13.5. The van der Waals surface area contributed by atoms with Gasteiger partial charge in [0.25, 0.3) is 11.5 Å². The number of fused-ring (bicyclic) bond motifs is 1. The van der Waals surface area contributed by atoms with Crippen LogP contribution in [0.25, 0.3) is 11.8 Å². The fourth-order valence-corrected chi connectivity index (χ4v) is 5.64. The summed E-state index contributed by atoms with van der Waals surface area (Å²) in [6.45, 7) is 3.14. The number of aromatic nitrogens is 1. The lowest BCUT2D eigenvalue weighted by molar-refractivity contribution is -0.117. The first-order valence-corrected chi connectivity index (χ1v) is 13.7. The largest absolute Gasteiger partial charge is 0.362 e. The molecule has 0 bridgehead atoms. The topological polar surface area (TPSA) is 110 Å². The maximum absolute atomic E-state index is 13.2. The number of amides is 2. The molecule has 3 aromatic rings. The lowest BCUT2D eigenvalue weighted by Gasteiger charge is -2.32. The van der Waals surface area contributed by atoms with Crippen molar-refractivity contribution in [2.45, 2.75) is 26.3 Å². The molecule has 10 heteroatoms. The Morgan fingerprint density at radius 3 is 2.77 bits per heavy atom. The van der Waals surface area contributed by atoms with Gasteiger partial charge in [-0.05, 0) is 49.6 Å². The molecule has 40 heavy (non-hydrogen) atoms. The van der Waals surface area contributed by atoms with Gasteiger partial charge < -0.3 is 20.4 Å². The second kappa shape index (κ2) is 12.8. The summed E-state index contributed by atoms with van der Waals surface area (Å²) in [4.78, 5) is 42.3. The number of thiazole rings is 1. The van der Waals surface area contributed by atoms with Crippen molar-refractivity contribution in [1.29, 1.82) is 5.26 Å². The van der Waals surface area contributed by atoms with E-state index in [1.807, 2.05) is 42.5 Å². The third kappa shape index (κ3) is 6.09. The molecule has 0 fully saturated rings. The molecule has 0 aliphatic carbocycles. The average molecular weight is 555 g/mol. The molecule has 0 atom stereocenters. The zero-order chi connectivity index (χ0) is 28.6. The summed E-state index contributed by atoms with van der Waals surface area (Å²) in [5.74, 6) is 1.63. The number of nitriles is 1. The Balaban J connectivity index is 1.55. The Morgan fingerprint density at radius 1 is 1.23 bits per heavy atom. The Labute approximate surface area is 236 Å². The molecule has 2 aromatic carbocycles. The second-order valence-electron chi connectivity index (χ2n) is 9.14. The third-order valence-corrected chi connectivity index (χ3v) is 7.77. The first-order valence-electron chi connectivity index (χ1n) is 12.9. The van der Waals surface area contributed by atoms with E-state index in [1.54, 1.807) is 25.1 Å². The lowest BCUT2D eigenvalue weighted by atomic mass is 10.0. The summed E-state index contributed by atoms with van der Waals surface area (Å²) in [6, 6.07) is 17.4. The van der Waals surface area contributed by atoms with E-state index >= 15 is 0 Å². The molecule has 2 heterocycles. The first-order chi connectivity index (χ1) is 19.4. The Morgan fingerprint density at radius 2 is 2.02 bits per heavy atom. The second-order valence-corrected chi connectivity index (χ2v) is 10.2. The smallest absolute Gasteiger partial charge is 0.270 e. The van der Waals surface area contributed by atoms with Crippen LogP contribution in [-0.4, -0.2) is 43.1 Å². The fraction of sp³-hybridized carbons (Fsp3) is 0.267. The van der Waals surface area contributed by atoms with Gasteiger partial charge in [-0.15, -0.1) is 17.8 Å². The van der Waals surface area contributed by atoms with Gasteiger partial charge in [0.15, 0.2) is 5.57 Å². The number of nitrogens with one attached hydrogen (secondary N) is 2. The number of carbonyl (C=O) groups is 2. The zero-order valence-electron chi connectivity index (χ0n) is 22.4. The summed E-state index contributed by atoms with van der Waals surface area (Å²) in [5.41, 5.74) is 3.26. The van der Waals surface area contributed by atoms with Gasteiger partial charge >= 0.3 is 0 Å². The van der Waals surface area contributed by atoms with Crippen LogP contribution in [0.1, 0.15) is 18.9 Å². The molecule has 1 aliphatic rings. The van der Waals surface area contributed by atoms with Crippen molar-refractivity contribution in [2.75, 3.05) is 41.8 Å². The minimum Gasteiger partial charge on any atom is -0.362 e. The molecule has 204 valence electrons. The number of benzene rings is 2. The molecule has 2 amide bonds. The van der Waals surface area contributed by atoms with Gasteiger partial charge in [0, 0.05) is 43.4 Å². The van der Waals surface area contributed by atoms with E-state index in [9.17, 15) is 19.6 Å². The number of para-hydroxylation sites is 1. The van der Waals surface area contributed by atoms with Crippen molar-refractivity contribution in [3.63, 3.8) is 0 Å². The Kier molecular flexibility index (Phi) is 9.05. The van der Waals surface area contributed by atoms with Crippen molar-refractivity contribution in [1.82, 2.24) is 9.88 Å². The molecule has 0 radical (unpaired) electrons. The maximum Gasteiger partial charge on any atom is 0.270 e. The van der Waals surface area contributed by atoms with Gasteiger partial charge in [-0.2, -0.15) is 5.26 Å². The summed E-state index contributed by atoms with van der Waals surface area (Å²) >= 11 is 1.04. The molecule has 1 aromatic heterocycles. The minimum absolute atomic E-state index is 0.0229. The van der Waals surface area contributed by atoms with Crippen LogP contribution >= 0.6 is 11.3 Å². The highest BCUT2D eigenvalue weighted by atomic mass is 32.1. The van der Waals surface area contributed by atoms with Crippen LogP contribution in [0.3, 0.4) is 0 Å². The van der Waals surface area contributed by atoms with E-state index in [2.05, 4.69) is 33.6 Å². The molecule has 2 N–H and O–H groups in total. The lowest BCUT2D eigenvalue weighted by Crippen LogP contribution is -2.40. The van der Waals surface area contributed by atoms with E-state index in [-0.39, 0.29) is 41.3 Å². The van der Waals surface area contributed by atoms with Crippen molar-refractivity contribution in [3.05, 3.63) is 73.6 Å². The molecule has 9 nitrogen and oxygen atoms in total. The molecule has 1 aliphatic heterocycles. The number of terminal acetylenes is 1. The van der Waals surface area contributed by atoms with E-state index in [0.717, 1.165) is 36.4 Å². The van der Waals surface area contributed by atoms with E-state index in [0.29, 0.717) is 15.9 Å². The van der Waals surface area contributed by atoms with Crippen molar-refractivity contribution in [2.24, 2.45) is 0 Å². The molecule has 0 saturated carbocycles. The number of carbonyl (C=O) groups excluding carboxylic acids is 2. The summed E-state index contributed by atoms with van der Waals surface area (Å²) < 4.78 is 1.97. The molecule has 0 saturated heterocycles. The molecule has 0 unspecified atom stereocenters. The first kappa shape index (κ1) is 28.2. The van der Waals surface area contributed by atoms with E-state index < -0.39 is 5.91 Å². The van der Waals surface area contributed by atoms with Crippen LogP contribution in [0.5, 0.6) is 0 Å². The molecular formula is C30H30N6O3S. The number of rotatable bonds is 8. The number of anilines is 3. The minimum atomic E-state index is -0.628. The van der Waals surface area contributed by atoms with Crippen LogP contribution in [-0.2, 0) is 22.6 Å². The number of aryl methyl sites for hydroxylation is 1. The van der Waals surface area contributed by atoms with E-state index in [4.69, 9.17) is 6.42 Å². The number of nitrogens with zero attached hydrogens (tertiary/aromatic N) is 4. The summed E-state index contributed by atoms with van der Waals surface area (Å²) in [6.07, 6.45) is 8.77. The predicted octanol–water partition coefficient (Wildman–Crippen LogP) is 1.62. The third-order valence-electron chi connectivity index (χ3n) is 6.64. The Bertz CT molecular complexity index is 1690. The van der Waals surface area contributed by atoms with Crippen molar-refractivity contribution in [3.8, 4) is 18.4 Å². The van der Waals surface area contributed by atoms with Crippen LogP contribution in [0.15, 0.2) is 53.3 Å². The van der Waals surface area contributed by atoms with Gasteiger partial charge in [-0.25, -0.2) is 0 Å². The van der Waals surface area contributed by atoms with Crippen LogP contribution < -0.4 is 35.2 Å². The van der Waals surface area contributed by atoms with Crippen molar-refractivity contribution >= 4 is 52.0 Å². The van der Waals surface area contributed by atoms with Crippen LogP contribution in [0.2, 0.25) is 0 Å². The fourth-order valence-electron chi connectivity index (χ4n) is 4.55.